The molecule has 0 aromatic rings. The van der Waals surface area contributed by atoms with Gasteiger partial charge in [-0.1, -0.05) is 11.6 Å². The highest BCUT2D eigenvalue weighted by atomic mass is 16.3. The smallest absolute Gasteiger partial charge is 0.119 e. The lowest BCUT2D eigenvalue weighted by molar-refractivity contribution is -0.107. The molecule has 0 fully saturated rings. The van der Waals surface area contributed by atoms with Gasteiger partial charge in [-0.15, -0.1) is 0 Å². The van der Waals surface area contributed by atoms with Gasteiger partial charge in [0.15, 0.2) is 0 Å². The molecule has 0 radical (unpaired) electrons. The van der Waals surface area contributed by atoms with Crippen molar-refractivity contribution in [2.24, 2.45) is 5.18 Å². The monoisotopic (exact) mass is 157 g/mol. The van der Waals surface area contributed by atoms with Crippen LogP contribution in [0.1, 0.15) is 39.5 Å². The molecule has 3 heteroatoms. The van der Waals surface area contributed by atoms with E-state index in [0.717, 1.165) is 25.5 Å². The van der Waals surface area contributed by atoms with Crippen LogP contribution in [0.25, 0.3) is 0 Å². The summed E-state index contributed by atoms with van der Waals surface area (Å²) in [6, 6.07) is 0. The Morgan fingerprint density at radius 3 is 2.45 bits per heavy atom. The Labute approximate surface area is 67.2 Å². The number of hydrogen-bond donors (Lipinski definition) is 0. The maximum atomic E-state index is 10.2. The summed E-state index contributed by atoms with van der Waals surface area (Å²) in [6.07, 6.45) is 4.03. The van der Waals surface area contributed by atoms with Gasteiger partial charge in [-0.2, -0.15) is 4.91 Å². The van der Waals surface area contributed by atoms with Gasteiger partial charge >= 0.3 is 0 Å². The number of nitrogens with zero attached hydrogens (tertiary/aromatic N) is 1. The number of rotatable bonds is 6. The zero-order valence-corrected chi connectivity index (χ0v) is 7.17. The van der Waals surface area contributed by atoms with Crippen molar-refractivity contribution in [1.29, 1.82) is 0 Å². The lowest BCUT2D eigenvalue weighted by Crippen LogP contribution is -2.14. The van der Waals surface area contributed by atoms with Gasteiger partial charge in [0.2, 0.25) is 0 Å². The largest absolute Gasteiger partial charge is 0.303 e. The standard InChI is InChI=1S/C8H15NO2/c1-8(2,9-11)6-4-3-5-7-10/h7H,3-6H2,1-2H3. The average molecular weight is 157 g/mol. The van der Waals surface area contributed by atoms with Crippen molar-refractivity contribution < 1.29 is 4.79 Å². The highest BCUT2D eigenvalue weighted by molar-refractivity contribution is 5.48. The minimum atomic E-state index is -0.455. The van der Waals surface area contributed by atoms with Crippen molar-refractivity contribution in [3.8, 4) is 0 Å². The summed E-state index contributed by atoms with van der Waals surface area (Å²) >= 11 is 0. The third-order valence-electron chi connectivity index (χ3n) is 1.61. The normalized spacial score (nSPS) is 11.1. The molecule has 0 atom stereocenters. The SMILES string of the molecule is CC(C)(CCCCC=O)N=O. The van der Waals surface area contributed by atoms with E-state index in [9.17, 15) is 9.70 Å². The highest BCUT2D eigenvalue weighted by Gasteiger charge is 2.16. The topological polar surface area (TPSA) is 46.5 Å². The summed E-state index contributed by atoms with van der Waals surface area (Å²) in [6.45, 7) is 3.61. The van der Waals surface area contributed by atoms with E-state index in [1.165, 1.54) is 0 Å². The summed E-state index contributed by atoms with van der Waals surface area (Å²) in [5.74, 6) is 0. The highest BCUT2D eigenvalue weighted by Crippen LogP contribution is 2.17. The molecule has 0 amide bonds. The Bertz CT molecular complexity index is 132. The Morgan fingerprint density at radius 1 is 1.36 bits per heavy atom. The van der Waals surface area contributed by atoms with Gasteiger partial charge in [0.1, 0.15) is 6.29 Å². The summed E-state index contributed by atoms with van der Waals surface area (Å²) < 4.78 is 0. The first-order valence-corrected chi connectivity index (χ1v) is 3.90. The van der Waals surface area contributed by atoms with E-state index in [0.29, 0.717) is 6.42 Å². The number of hydrogen-bond acceptors (Lipinski definition) is 3. The Morgan fingerprint density at radius 2 is 2.00 bits per heavy atom. The number of aldehydes is 1. The average Bonchev–Trinajstić information content (AvgIpc) is 1.99. The Hall–Kier alpha value is -0.730. The molecule has 0 aliphatic heterocycles. The summed E-state index contributed by atoms with van der Waals surface area (Å²) in [5, 5.41) is 2.98. The molecule has 3 nitrogen and oxygen atoms in total. The number of carbonyl (C=O) groups excluding carboxylic acids is 1. The van der Waals surface area contributed by atoms with E-state index < -0.39 is 5.54 Å². The number of carbonyl (C=O) groups is 1. The van der Waals surface area contributed by atoms with Crippen LogP contribution >= 0.6 is 0 Å². The van der Waals surface area contributed by atoms with Gasteiger partial charge in [-0.25, -0.2) is 0 Å². The van der Waals surface area contributed by atoms with Crippen molar-refractivity contribution >= 4 is 6.29 Å². The summed E-state index contributed by atoms with van der Waals surface area (Å²) in [4.78, 5) is 20.1. The molecule has 0 aliphatic rings. The fraction of sp³-hybridized carbons (Fsp3) is 0.875. The minimum Gasteiger partial charge on any atom is -0.303 e. The maximum absolute atomic E-state index is 10.2. The van der Waals surface area contributed by atoms with Crippen LogP contribution in [0.4, 0.5) is 0 Å². The van der Waals surface area contributed by atoms with Crippen LogP contribution in [0, 0.1) is 4.91 Å². The second kappa shape index (κ2) is 4.99. The zero-order chi connectivity index (χ0) is 8.74. The molecular formula is C8H15NO2. The van der Waals surface area contributed by atoms with Crippen molar-refractivity contribution in [3.05, 3.63) is 4.91 Å². The van der Waals surface area contributed by atoms with E-state index in [-0.39, 0.29) is 0 Å². The molecule has 0 heterocycles. The summed E-state index contributed by atoms with van der Waals surface area (Å²) in [5.41, 5.74) is -0.455. The van der Waals surface area contributed by atoms with Crippen LogP contribution in [0.5, 0.6) is 0 Å². The van der Waals surface area contributed by atoms with Gasteiger partial charge in [-0.3, -0.25) is 0 Å². The molecule has 0 aromatic heterocycles. The molecule has 0 unspecified atom stereocenters. The van der Waals surface area contributed by atoms with Crippen molar-refractivity contribution in [2.75, 3.05) is 0 Å². The van der Waals surface area contributed by atoms with Crippen LogP contribution in [0.15, 0.2) is 5.18 Å². The second-order valence-electron chi connectivity index (χ2n) is 3.32. The van der Waals surface area contributed by atoms with Crippen molar-refractivity contribution in [1.82, 2.24) is 0 Å². The number of unbranched alkanes of at least 4 members (excludes halogenated alkanes) is 2. The first-order valence-electron chi connectivity index (χ1n) is 3.90. The fourth-order valence-corrected chi connectivity index (χ4v) is 0.831. The molecule has 0 saturated carbocycles. The third kappa shape index (κ3) is 5.70. The second-order valence-corrected chi connectivity index (χ2v) is 3.32. The molecule has 0 aliphatic carbocycles. The third-order valence-corrected chi connectivity index (χ3v) is 1.61. The van der Waals surface area contributed by atoms with Gasteiger partial charge in [0.25, 0.3) is 0 Å². The van der Waals surface area contributed by atoms with Crippen LogP contribution in [-0.4, -0.2) is 11.8 Å². The van der Waals surface area contributed by atoms with E-state index in [4.69, 9.17) is 0 Å². The van der Waals surface area contributed by atoms with E-state index in [1.807, 2.05) is 0 Å². The molecule has 64 valence electrons. The van der Waals surface area contributed by atoms with Crippen LogP contribution in [-0.2, 0) is 4.79 Å². The molecule has 11 heavy (non-hydrogen) atoms. The molecule has 0 aromatic carbocycles. The van der Waals surface area contributed by atoms with Crippen molar-refractivity contribution in [2.45, 2.75) is 45.1 Å². The predicted molar refractivity (Wildman–Crippen MR) is 44.4 cm³/mol. The van der Waals surface area contributed by atoms with Gasteiger partial charge in [0.05, 0.1) is 5.54 Å². The molecule has 0 bridgehead atoms. The molecular weight excluding hydrogens is 142 g/mol. The van der Waals surface area contributed by atoms with Crippen LogP contribution in [0.2, 0.25) is 0 Å². The molecule has 0 rings (SSSR count). The molecule has 0 N–H and O–H groups in total. The van der Waals surface area contributed by atoms with E-state index >= 15 is 0 Å². The first kappa shape index (κ1) is 10.3. The lowest BCUT2D eigenvalue weighted by atomic mass is 9.98. The van der Waals surface area contributed by atoms with Gasteiger partial charge in [-0.05, 0) is 26.7 Å². The zero-order valence-electron chi connectivity index (χ0n) is 7.17. The van der Waals surface area contributed by atoms with Gasteiger partial charge < -0.3 is 4.79 Å². The van der Waals surface area contributed by atoms with Crippen molar-refractivity contribution in [3.63, 3.8) is 0 Å². The van der Waals surface area contributed by atoms with Gasteiger partial charge in [0, 0.05) is 6.42 Å². The predicted octanol–water partition coefficient (Wildman–Crippen LogP) is 2.29. The minimum absolute atomic E-state index is 0.455. The lowest BCUT2D eigenvalue weighted by Gasteiger charge is -2.13. The van der Waals surface area contributed by atoms with E-state index in [2.05, 4.69) is 5.18 Å². The van der Waals surface area contributed by atoms with E-state index in [1.54, 1.807) is 13.8 Å². The summed E-state index contributed by atoms with van der Waals surface area (Å²) in [7, 11) is 0. The first-order chi connectivity index (χ1) is 5.12. The molecule has 0 saturated heterocycles. The van der Waals surface area contributed by atoms with Crippen LogP contribution in [0.3, 0.4) is 0 Å². The van der Waals surface area contributed by atoms with Crippen LogP contribution < -0.4 is 0 Å². The fourth-order valence-electron chi connectivity index (χ4n) is 0.831. The Kier molecular flexibility index (Phi) is 4.66. The Balaban J connectivity index is 3.37. The maximum Gasteiger partial charge on any atom is 0.119 e. The number of nitroso groups, excluding NO2 is 1. The quantitative estimate of drug-likeness (QED) is 0.337. The molecule has 0 spiro atoms.